The molecule has 1 saturated heterocycles. The number of rotatable bonds is 5. The molecular formula is C17H24N2O4. The van der Waals surface area contributed by atoms with Crippen LogP contribution in [-0.4, -0.2) is 38.2 Å². The number of hydrogen-bond acceptors (Lipinski definition) is 5. The van der Waals surface area contributed by atoms with Crippen LogP contribution in [0.5, 0.6) is 5.75 Å². The number of ether oxygens (including phenoxy) is 2. The van der Waals surface area contributed by atoms with Crippen LogP contribution in [0.3, 0.4) is 0 Å². The van der Waals surface area contributed by atoms with Crippen LogP contribution in [-0.2, 0) is 14.3 Å². The monoisotopic (exact) mass is 320 g/mol. The largest absolute Gasteiger partial charge is 0.482 e. The number of nitrogens with one attached hydrogen (secondary N) is 2. The maximum atomic E-state index is 12.4. The van der Waals surface area contributed by atoms with Crippen LogP contribution < -0.4 is 15.4 Å². The summed E-state index contributed by atoms with van der Waals surface area (Å²) in [6, 6.07) is 5.69. The number of aryl methyl sites for hydroxylation is 1. The van der Waals surface area contributed by atoms with Crippen molar-refractivity contribution in [1.29, 1.82) is 0 Å². The highest BCUT2D eigenvalue weighted by atomic mass is 16.6. The van der Waals surface area contributed by atoms with Gasteiger partial charge in [0.25, 0.3) is 0 Å². The van der Waals surface area contributed by atoms with E-state index in [2.05, 4.69) is 22.3 Å². The molecule has 6 heteroatoms. The molecule has 23 heavy (non-hydrogen) atoms. The van der Waals surface area contributed by atoms with Crippen LogP contribution in [0.25, 0.3) is 0 Å². The predicted molar refractivity (Wildman–Crippen MR) is 87.5 cm³/mol. The van der Waals surface area contributed by atoms with Crippen molar-refractivity contribution in [2.45, 2.75) is 32.7 Å². The van der Waals surface area contributed by atoms with Gasteiger partial charge in [-0.05, 0) is 57.0 Å². The number of hydrogen-bond donors (Lipinski definition) is 2. The molecule has 0 radical (unpaired) electrons. The molecule has 126 valence electrons. The Bertz CT molecular complexity index is 574. The second-order valence-corrected chi connectivity index (χ2v) is 5.91. The van der Waals surface area contributed by atoms with Gasteiger partial charge in [0.2, 0.25) is 5.91 Å². The fourth-order valence-corrected chi connectivity index (χ4v) is 2.67. The van der Waals surface area contributed by atoms with Crippen LogP contribution in [0.4, 0.5) is 5.69 Å². The third-order valence-corrected chi connectivity index (χ3v) is 4.03. The fourth-order valence-electron chi connectivity index (χ4n) is 2.67. The Morgan fingerprint density at radius 2 is 2.17 bits per heavy atom. The SMILES string of the molecule is COC(=O)COc1ccc(NC(=O)[C@H]2CCN[C@@H](C)C2)c(C)c1. The van der Waals surface area contributed by atoms with E-state index in [0.29, 0.717) is 11.8 Å². The minimum atomic E-state index is -0.430. The van der Waals surface area contributed by atoms with Crippen LogP contribution >= 0.6 is 0 Å². The van der Waals surface area contributed by atoms with E-state index in [-0.39, 0.29) is 18.4 Å². The van der Waals surface area contributed by atoms with Gasteiger partial charge in [-0.3, -0.25) is 4.79 Å². The zero-order valence-electron chi connectivity index (χ0n) is 13.8. The lowest BCUT2D eigenvalue weighted by Gasteiger charge is -2.27. The Labute approximate surface area is 136 Å². The first-order valence-corrected chi connectivity index (χ1v) is 7.84. The van der Waals surface area contributed by atoms with Gasteiger partial charge in [0, 0.05) is 17.6 Å². The van der Waals surface area contributed by atoms with Crippen LogP contribution in [0.15, 0.2) is 18.2 Å². The van der Waals surface area contributed by atoms with E-state index in [0.717, 1.165) is 30.6 Å². The lowest BCUT2D eigenvalue weighted by Crippen LogP contribution is -2.40. The van der Waals surface area contributed by atoms with Crippen molar-refractivity contribution >= 4 is 17.6 Å². The Balaban J connectivity index is 1.95. The summed E-state index contributed by atoms with van der Waals surface area (Å²) < 4.78 is 9.86. The Kier molecular flexibility index (Phi) is 5.98. The predicted octanol–water partition coefficient (Wildman–Crippen LogP) is 1.87. The Hall–Kier alpha value is -2.08. The van der Waals surface area contributed by atoms with Crippen molar-refractivity contribution < 1.29 is 19.1 Å². The van der Waals surface area contributed by atoms with Crippen LogP contribution in [0, 0.1) is 12.8 Å². The molecule has 1 aromatic carbocycles. The average Bonchev–Trinajstić information content (AvgIpc) is 2.54. The fraction of sp³-hybridized carbons (Fsp3) is 0.529. The smallest absolute Gasteiger partial charge is 0.343 e. The van der Waals surface area contributed by atoms with Crippen LogP contribution in [0.2, 0.25) is 0 Å². The van der Waals surface area contributed by atoms with Gasteiger partial charge in [-0.15, -0.1) is 0 Å². The normalized spacial score (nSPS) is 20.7. The molecular weight excluding hydrogens is 296 g/mol. The molecule has 1 aromatic rings. The lowest BCUT2D eigenvalue weighted by atomic mass is 9.92. The molecule has 2 N–H and O–H groups in total. The summed E-state index contributed by atoms with van der Waals surface area (Å²) in [7, 11) is 1.32. The summed E-state index contributed by atoms with van der Waals surface area (Å²) in [5.74, 6) is 0.243. The summed E-state index contributed by atoms with van der Waals surface area (Å²) in [6.45, 7) is 4.73. The maximum absolute atomic E-state index is 12.4. The van der Waals surface area contributed by atoms with Gasteiger partial charge in [0.1, 0.15) is 5.75 Å². The summed E-state index contributed by atoms with van der Waals surface area (Å²) in [5.41, 5.74) is 1.66. The van der Waals surface area contributed by atoms with Gasteiger partial charge >= 0.3 is 5.97 Å². The third kappa shape index (κ3) is 4.96. The minimum absolute atomic E-state index is 0.0425. The van der Waals surface area contributed by atoms with Gasteiger partial charge in [0.05, 0.1) is 7.11 Å². The summed E-state index contributed by atoms with van der Waals surface area (Å²) in [4.78, 5) is 23.4. The van der Waals surface area contributed by atoms with Crippen molar-refractivity contribution in [3.8, 4) is 5.75 Å². The molecule has 0 unspecified atom stereocenters. The first-order valence-electron chi connectivity index (χ1n) is 7.84. The first kappa shape index (κ1) is 17.3. The van der Waals surface area contributed by atoms with E-state index >= 15 is 0 Å². The van der Waals surface area contributed by atoms with E-state index in [4.69, 9.17) is 4.74 Å². The molecule has 1 aliphatic heterocycles. The van der Waals surface area contributed by atoms with E-state index in [9.17, 15) is 9.59 Å². The van der Waals surface area contributed by atoms with E-state index in [1.165, 1.54) is 7.11 Å². The zero-order valence-corrected chi connectivity index (χ0v) is 13.8. The molecule has 2 rings (SSSR count). The molecule has 2 atom stereocenters. The zero-order chi connectivity index (χ0) is 16.8. The van der Waals surface area contributed by atoms with Crippen molar-refractivity contribution in [1.82, 2.24) is 5.32 Å². The van der Waals surface area contributed by atoms with Crippen LogP contribution in [0.1, 0.15) is 25.3 Å². The number of piperidine rings is 1. The van der Waals surface area contributed by atoms with E-state index in [1.54, 1.807) is 18.2 Å². The number of carbonyl (C=O) groups is 2. The van der Waals surface area contributed by atoms with Gasteiger partial charge in [-0.1, -0.05) is 0 Å². The third-order valence-electron chi connectivity index (χ3n) is 4.03. The maximum Gasteiger partial charge on any atom is 0.343 e. The molecule has 1 fully saturated rings. The van der Waals surface area contributed by atoms with Crippen molar-refractivity contribution in [3.05, 3.63) is 23.8 Å². The molecule has 0 aliphatic carbocycles. The van der Waals surface area contributed by atoms with Crippen molar-refractivity contribution in [3.63, 3.8) is 0 Å². The molecule has 0 bridgehead atoms. The number of methoxy groups -OCH3 is 1. The van der Waals surface area contributed by atoms with E-state index < -0.39 is 5.97 Å². The Morgan fingerprint density at radius 3 is 2.83 bits per heavy atom. The first-order chi connectivity index (χ1) is 11.0. The van der Waals surface area contributed by atoms with Crippen molar-refractivity contribution in [2.75, 3.05) is 25.6 Å². The molecule has 1 aliphatic rings. The molecule has 6 nitrogen and oxygen atoms in total. The van der Waals surface area contributed by atoms with Gasteiger partial charge in [0.15, 0.2) is 6.61 Å². The molecule has 1 amide bonds. The number of esters is 1. The number of amides is 1. The topological polar surface area (TPSA) is 76.7 Å². The summed E-state index contributed by atoms with van der Waals surface area (Å²) >= 11 is 0. The second-order valence-electron chi connectivity index (χ2n) is 5.91. The number of carbonyl (C=O) groups excluding carboxylic acids is 2. The standard InChI is InChI=1S/C17H24N2O4/c1-11-8-14(23-10-16(20)22-3)4-5-15(11)19-17(21)13-6-7-18-12(2)9-13/h4-5,8,12-13,18H,6-7,9-10H2,1-3H3,(H,19,21)/t12-,13-/m0/s1. The summed E-state index contributed by atoms with van der Waals surface area (Å²) in [5, 5.41) is 6.33. The molecule has 0 spiro atoms. The van der Waals surface area contributed by atoms with Gasteiger partial charge in [-0.25, -0.2) is 4.79 Å². The lowest BCUT2D eigenvalue weighted by molar-refractivity contribution is -0.142. The van der Waals surface area contributed by atoms with Crippen molar-refractivity contribution in [2.24, 2.45) is 5.92 Å². The van der Waals surface area contributed by atoms with Gasteiger partial charge < -0.3 is 20.1 Å². The molecule has 0 saturated carbocycles. The minimum Gasteiger partial charge on any atom is -0.482 e. The average molecular weight is 320 g/mol. The quantitative estimate of drug-likeness (QED) is 0.810. The van der Waals surface area contributed by atoms with Gasteiger partial charge in [-0.2, -0.15) is 0 Å². The number of benzene rings is 1. The highest BCUT2D eigenvalue weighted by Gasteiger charge is 2.24. The number of anilines is 1. The highest BCUT2D eigenvalue weighted by Crippen LogP contribution is 2.24. The molecule has 0 aromatic heterocycles. The van der Waals surface area contributed by atoms with E-state index in [1.807, 2.05) is 6.92 Å². The molecule has 1 heterocycles. The Morgan fingerprint density at radius 1 is 1.39 bits per heavy atom. The summed E-state index contributed by atoms with van der Waals surface area (Å²) in [6.07, 6.45) is 1.71. The highest BCUT2D eigenvalue weighted by molar-refractivity contribution is 5.93. The second kappa shape index (κ2) is 7.97.